The van der Waals surface area contributed by atoms with Gasteiger partial charge in [0.05, 0.1) is 5.69 Å². The van der Waals surface area contributed by atoms with Crippen LogP contribution in [-0.4, -0.2) is 33.4 Å². The Bertz CT molecular complexity index is 750. The number of aromatic nitrogens is 2. The number of benzene rings is 1. The van der Waals surface area contributed by atoms with Crippen molar-refractivity contribution in [3.8, 4) is 0 Å². The first-order valence-corrected chi connectivity index (χ1v) is 7.52. The van der Waals surface area contributed by atoms with Gasteiger partial charge in [0.25, 0.3) is 5.91 Å². The Morgan fingerprint density at radius 1 is 1.22 bits per heavy atom. The van der Waals surface area contributed by atoms with E-state index in [-0.39, 0.29) is 17.9 Å². The third-order valence-electron chi connectivity index (χ3n) is 4.47. The van der Waals surface area contributed by atoms with Crippen LogP contribution in [0.2, 0.25) is 0 Å². The molecular formula is C17H17F2N3O. The highest BCUT2D eigenvalue weighted by Gasteiger charge is 2.36. The summed E-state index contributed by atoms with van der Waals surface area (Å²) in [6.07, 6.45) is 3.74. The molecule has 3 rings (SSSR count). The molecule has 1 amide bonds. The van der Waals surface area contributed by atoms with E-state index >= 15 is 0 Å². The maximum atomic E-state index is 13.5. The minimum atomic E-state index is -0.859. The summed E-state index contributed by atoms with van der Waals surface area (Å²) in [5.41, 5.74) is 1.63. The van der Waals surface area contributed by atoms with E-state index in [9.17, 15) is 13.6 Å². The number of rotatable bonds is 2. The molecule has 0 N–H and O–H groups in total. The Labute approximate surface area is 133 Å². The fraction of sp³-hybridized carbons (Fsp3) is 0.353. The van der Waals surface area contributed by atoms with Crippen LogP contribution in [0.25, 0.3) is 0 Å². The van der Waals surface area contributed by atoms with Crippen LogP contribution in [0.5, 0.6) is 0 Å². The number of hydrogen-bond donors (Lipinski definition) is 0. The molecule has 2 atom stereocenters. The van der Waals surface area contributed by atoms with Crippen molar-refractivity contribution < 1.29 is 13.6 Å². The molecule has 0 radical (unpaired) electrons. The molecule has 0 spiro atoms. The number of likely N-dealkylation sites (tertiary alicyclic amines) is 1. The number of aryl methyl sites for hydroxylation is 1. The van der Waals surface area contributed by atoms with Crippen LogP contribution < -0.4 is 0 Å². The first-order chi connectivity index (χ1) is 11.0. The van der Waals surface area contributed by atoms with E-state index in [2.05, 4.69) is 9.97 Å². The quantitative estimate of drug-likeness (QED) is 0.855. The Morgan fingerprint density at radius 2 is 1.96 bits per heavy atom. The average molecular weight is 317 g/mol. The Balaban J connectivity index is 1.84. The maximum absolute atomic E-state index is 13.5. The monoisotopic (exact) mass is 317 g/mol. The van der Waals surface area contributed by atoms with Gasteiger partial charge in [-0.15, -0.1) is 0 Å². The number of amides is 1. The Morgan fingerprint density at radius 3 is 2.65 bits per heavy atom. The van der Waals surface area contributed by atoms with Crippen molar-refractivity contribution in [3.05, 3.63) is 59.2 Å². The molecule has 0 aliphatic carbocycles. The molecule has 1 fully saturated rings. The van der Waals surface area contributed by atoms with Crippen molar-refractivity contribution in [1.29, 1.82) is 0 Å². The van der Waals surface area contributed by atoms with Crippen LogP contribution in [0.1, 0.15) is 41.0 Å². The third kappa shape index (κ3) is 2.81. The number of halogens is 2. The lowest BCUT2D eigenvalue weighted by atomic mass is 9.92. The van der Waals surface area contributed by atoms with Gasteiger partial charge >= 0.3 is 0 Å². The van der Waals surface area contributed by atoms with E-state index in [1.807, 2.05) is 6.92 Å². The SMILES string of the molecule is Cc1nccnc1C(=O)N1CCC(c2ccc(F)c(F)c2)C1C. The molecule has 1 aromatic carbocycles. The van der Waals surface area contributed by atoms with Gasteiger partial charge in [0.15, 0.2) is 11.6 Å². The van der Waals surface area contributed by atoms with Gasteiger partial charge in [-0.25, -0.2) is 13.8 Å². The minimum absolute atomic E-state index is 0.0222. The lowest BCUT2D eigenvalue weighted by Crippen LogP contribution is -2.36. The topological polar surface area (TPSA) is 46.1 Å². The summed E-state index contributed by atoms with van der Waals surface area (Å²) in [4.78, 5) is 22.6. The molecule has 6 heteroatoms. The van der Waals surface area contributed by atoms with E-state index in [1.54, 1.807) is 24.1 Å². The highest BCUT2D eigenvalue weighted by molar-refractivity contribution is 5.93. The first kappa shape index (κ1) is 15.5. The Hall–Kier alpha value is -2.37. The summed E-state index contributed by atoms with van der Waals surface area (Å²) >= 11 is 0. The lowest BCUT2D eigenvalue weighted by molar-refractivity contribution is 0.0734. The Kier molecular flexibility index (Phi) is 4.07. The summed E-state index contributed by atoms with van der Waals surface area (Å²) in [5, 5.41) is 0. The van der Waals surface area contributed by atoms with Crippen molar-refractivity contribution in [2.45, 2.75) is 32.2 Å². The van der Waals surface area contributed by atoms with Crippen LogP contribution in [0, 0.1) is 18.6 Å². The zero-order valence-corrected chi connectivity index (χ0v) is 13.0. The number of nitrogens with zero attached hydrogens (tertiary/aromatic N) is 3. The van der Waals surface area contributed by atoms with Crippen LogP contribution >= 0.6 is 0 Å². The van der Waals surface area contributed by atoms with E-state index < -0.39 is 11.6 Å². The second kappa shape index (κ2) is 6.02. The number of carbonyl (C=O) groups is 1. The smallest absolute Gasteiger partial charge is 0.274 e. The lowest BCUT2D eigenvalue weighted by Gasteiger charge is -2.25. The zero-order valence-electron chi connectivity index (χ0n) is 13.0. The number of carbonyl (C=O) groups excluding carboxylic acids is 1. The van der Waals surface area contributed by atoms with Gasteiger partial charge in [-0.3, -0.25) is 9.78 Å². The normalized spacial score (nSPS) is 20.8. The molecular weight excluding hydrogens is 300 g/mol. The summed E-state index contributed by atoms with van der Waals surface area (Å²) in [5.74, 6) is -1.91. The molecule has 1 aromatic heterocycles. The predicted octanol–water partition coefficient (Wildman–Crippen LogP) is 3.08. The van der Waals surface area contributed by atoms with Crippen LogP contribution in [0.3, 0.4) is 0 Å². The van der Waals surface area contributed by atoms with Crippen LogP contribution in [0.4, 0.5) is 8.78 Å². The molecule has 23 heavy (non-hydrogen) atoms. The molecule has 2 heterocycles. The van der Waals surface area contributed by atoms with E-state index in [0.717, 1.165) is 6.07 Å². The molecule has 120 valence electrons. The fourth-order valence-corrected chi connectivity index (χ4v) is 3.17. The van der Waals surface area contributed by atoms with Gasteiger partial charge < -0.3 is 4.90 Å². The van der Waals surface area contributed by atoms with Crippen molar-refractivity contribution >= 4 is 5.91 Å². The minimum Gasteiger partial charge on any atom is -0.334 e. The summed E-state index contributed by atoms with van der Waals surface area (Å²) in [6.45, 7) is 4.22. The van der Waals surface area contributed by atoms with E-state index in [0.29, 0.717) is 29.9 Å². The second-order valence-electron chi connectivity index (χ2n) is 5.80. The van der Waals surface area contributed by atoms with Crippen LogP contribution in [-0.2, 0) is 0 Å². The molecule has 0 saturated carbocycles. The van der Waals surface area contributed by atoms with Crippen LogP contribution in [0.15, 0.2) is 30.6 Å². The highest BCUT2D eigenvalue weighted by atomic mass is 19.2. The maximum Gasteiger partial charge on any atom is 0.274 e. The highest BCUT2D eigenvalue weighted by Crippen LogP contribution is 2.34. The summed E-state index contributed by atoms with van der Waals surface area (Å²) in [6, 6.07) is 3.82. The molecule has 0 bridgehead atoms. The standard InChI is InChI=1S/C17H17F2N3O/c1-10-16(21-7-6-20-10)17(23)22-8-5-13(11(22)2)12-3-4-14(18)15(19)9-12/h3-4,6-7,9,11,13H,5,8H2,1-2H3. The van der Waals surface area contributed by atoms with Gasteiger partial charge in [0, 0.05) is 30.9 Å². The molecule has 2 aromatic rings. The van der Waals surface area contributed by atoms with E-state index in [1.165, 1.54) is 12.3 Å². The third-order valence-corrected chi connectivity index (χ3v) is 4.47. The van der Waals surface area contributed by atoms with Gasteiger partial charge in [-0.2, -0.15) is 0 Å². The summed E-state index contributed by atoms with van der Waals surface area (Å²) < 4.78 is 26.6. The van der Waals surface area contributed by atoms with Gasteiger partial charge in [-0.05, 0) is 38.0 Å². The summed E-state index contributed by atoms with van der Waals surface area (Å²) in [7, 11) is 0. The van der Waals surface area contributed by atoms with E-state index in [4.69, 9.17) is 0 Å². The van der Waals surface area contributed by atoms with Gasteiger partial charge in [0.1, 0.15) is 5.69 Å². The zero-order chi connectivity index (χ0) is 16.6. The first-order valence-electron chi connectivity index (χ1n) is 7.52. The second-order valence-corrected chi connectivity index (χ2v) is 5.80. The van der Waals surface area contributed by atoms with Gasteiger partial charge in [0.2, 0.25) is 0 Å². The molecule has 1 aliphatic rings. The molecule has 2 unspecified atom stereocenters. The fourth-order valence-electron chi connectivity index (χ4n) is 3.17. The number of hydrogen-bond acceptors (Lipinski definition) is 3. The van der Waals surface area contributed by atoms with Gasteiger partial charge in [-0.1, -0.05) is 6.07 Å². The van der Waals surface area contributed by atoms with Crippen molar-refractivity contribution in [2.24, 2.45) is 0 Å². The van der Waals surface area contributed by atoms with Crippen molar-refractivity contribution in [3.63, 3.8) is 0 Å². The largest absolute Gasteiger partial charge is 0.334 e. The molecule has 1 aliphatic heterocycles. The predicted molar refractivity (Wildman–Crippen MR) is 81.0 cm³/mol. The molecule has 1 saturated heterocycles. The molecule has 4 nitrogen and oxygen atoms in total. The van der Waals surface area contributed by atoms with Crippen molar-refractivity contribution in [1.82, 2.24) is 14.9 Å². The van der Waals surface area contributed by atoms with Crippen molar-refractivity contribution in [2.75, 3.05) is 6.54 Å². The average Bonchev–Trinajstić information content (AvgIpc) is 2.91.